The van der Waals surface area contributed by atoms with Crippen molar-refractivity contribution < 1.29 is 94.4 Å². The van der Waals surface area contributed by atoms with Crippen LogP contribution in [-0.4, -0.2) is 74.3 Å². The second-order valence-corrected chi connectivity index (χ2v) is 9.40. The smallest absolute Gasteiger partial charge is 0.487 e. The second kappa shape index (κ2) is 13.1. The number of methoxy groups -OCH3 is 2. The first-order valence-electron chi connectivity index (χ1n) is 9.17. The summed E-state index contributed by atoms with van der Waals surface area (Å²) in [6.45, 7) is 2.52. The number of aryl methyl sites for hydroxylation is 2. The van der Waals surface area contributed by atoms with Gasteiger partial charge in [-0.25, -0.2) is 9.59 Å². The molecule has 0 spiro atoms. The van der Waals surface area contributed by atoms with E-state index in [-0.39, 0.29) is 40.7 Å². The summed E-state index contributed by atoms with van der Waals surface area (Å²) >= 11 is 0. The Morgan fingerprint density at radius 3 is 1.30 bits per heavy atom. The number of aromatic carboxylic acids is 2. The van der Waals surface area contributed by atoms with Gasteiger partial charge in [-0.1, -0.05) is 19.9 Å². The third kappa shape index (κ3) is 8.06. The molecule has 0 saturated heterocycles. The SMILES string of the molecule is COC(=O)c1cccc(C(=O)OC)c1S(=O)(=O)O.Cc1[c-]c(C)c(C(=O)O)c(S(=O)(=O)O)c1C(=O)O.[Na+]. The molecule has 0 aromatic heterocycles. The first-order valence-corrected chi connectivity index (χ1v) is 12.1. The second-order valence-electron chi connectivity index (χ2n) is 6.68. The molecule has 0 aliphatic carbocycles. The molecule has 0 fully saturated rings. The summed E-state index contributed by atoms with van der Waals surface area (Å²) < 4.78 is 71.8. The molecule has 0 radical (unpaired) electrons. The predicted octanol–water partition coefficient (Wildman–Crippen LogP) is -1.74. The Balaban J connectivity index is 0.000000682. The maximum absolute atomic E-state index is 11.4. The molecule has 0 unspecified atom stereocenters. The summed E-state index contributed by atoms with van der Waals surface area (Å²) in [4.78, 5) is 42.8. The summed E-state index contributed by atoms with van der Waals surface area (Å²) in [5.74, 6) is -5.29. The van der Waals surface area contributed by atoms with E-state index in [1.807, 2.05) is 0 Å². The van der Waals surface area contributed by atoms with Crippen molar-refractivity contribution in [1.29, 1.82) is 0 Å². The van der Waals surface area contributed by atoms with E-state index in [0.29, 0.717) is 0 Å². The van der Waals surface area contributed by atoms with Gasteiger partial charge in [0.05, 0.1) is 25.3 Å². The summed E-state index contributed by atoms with van der Waals surface area (Å²) in [5.41, 5.74) is -2.61. The minimum atomic E-state index is -4.98. The molecule has 0 aliphatic rings. The van der Waals surface area contributed by atoms with Crippen molar-refractivity contribution in [2.75, 3.05) is 14.2 Å². The van der Waals surface area contributed by atoms with Crippen molar-refractivity contribution in [2.24, 2.45) is 0 Å². The fourth-order valence-corrected chi connectivity index (χ4v) is 4.86. The minimum absolute atomic E-state index is 0. The van der Waals surface area contributed by atoms with Crippen molar-refractivity contribution in [3.8, 4) is 0 Å². The van der Waals surface area contributed by atoms with Crippen LogP contribution >= 0.6 is 0 Å². The predicted molar refractivity (Wildman–Crippen MR) is 117 cm³/mol. The number of esters is 2. The van der Waals surface area contributed by atoms with Gasteiger partial charge in [0.25, 0.3) is 32.2 Å². The van der Waals surface area contributed by atoms with Gasteiger partial charge in [-0.3, -0.25) is 18.7 Å². The summed E-state index contributed by atoms with van der Waals surface area (Å²) in [5, 5.41) is 17.8. The molecular weight excluding hydrogens is 551 g/mol. The zero-order chi connectivity index (χ0) is 28.2. The summed E-state index contributed by atoms with van der Waals surface area (Å²) in [6.07, 6.45) is 0. The number of hydrogen-bond acceptors (Lipinski definition) is 10. The van der Waals surface area contributed by atoms with Crippen LogP contribution in [0.4, 0.5) is 0 Å². The van der Waals surface area contributed by atoms with Crippen molar-refractivity contribution in [2.45, 2.75) is 23.6 Å². The largest absolute Gasteiger partial charge is 1.00 e. The Morgan fingerprint density at radius 1 is 0.730 bits per heavy atom. The van der Waals surface area contributed by atoms with Crippen LogP contribution in [0.5, 0.6) is 0 Å². The fraction of sp³-hybridized carbons (Fsp3) is 0.200. The summed E-state index contributed by atoms with van der Waals surface area (Å²) in [6, 6.07) is 5.94. The number of carboxylic acid groups (broad SMARTS) is 2. The van der Waals surface area contributed by atoms with Crippen LogP contribution in [0.15, 0.2) is 28.0 Å². The van der Waals surface area contributed by atoms with Gasteiger partial charge in [0.15, 0.2) is 0 Å². The Hall–Kier alpha value is -2.86. The molecule has 2 rings (SSSR count). The van der Waals surface area contributed by atoms with E-state index in [2.05, 4.69) is 15.5 Å². The molecule has 2 aromatic carbocycles. The van der Waals surface area contributed by atoms with Crippen LogP contribution in [0.1, 0.15) is 52.6 Å². The van der Waals surface area contributed by atoms with Crippen LogP contribution < -0.4 is 29.6 Å². The summed E-state index contributed by atoms with van der Waals surface area (Å²) in [7, 11) is -7.67. The van der Waals surface area contributed by atoms with Gasteiger partial charge >= 0.3 is 41.5 Å². The number of carbonyl (C=O) groups excluding carboxylic acids is 2. The molecule has 0 bridgehead atoms. The van der Waals surface area contributed by atoms with Crippen LogP contribution in [-0.2, 0) is 29.7 Å². The van der Waals surface area contributed by atoms with Gasteiger partial charge in [-0.05, 0) is 23.3 Å². The van der Waals surface area contributed by atoms with Crippen LogP contribution in [0.2, 0.25) is 0 Å². The monoisotopic (exact) mass is 570 g/mol. The maximum Gasteiger partial charge on any atom is 1.00 e. The maximum atomic E-state index is 11.4. The standard InChI is InChI=1S/C10H10O7S.C10H9O7S.Na/c1-16-9(11)6-4-3-5-7(10(12)17-2)8(6)18(13,14)15;1-4-3-5(2)7(10(13)14)8(18(15,16)17)6(4)9(11)12;/h3-5H,1-2H3,(H,13,14,15);1-2H3,(H,11,12)(H,13,14)(H,15,16,17);/q;-1;+1. The van der Waals surface area contributed by atoms with E-state index < -0.39 is 76.2 Å². The van der Waals surface area contributed by atoms with E-state index in [0.717, 1.165) is 26.4 Å². The molecule has 37 heavy (non-hydrogen) atoms. The average molecular weight is 570 g/mol. The van der Waals surface area contributed by atoms with Crippen LogP contribution in [0.25, 0.3) is 0 Å². The Labute approximate surface area is 233 Å². The normalized spacial score (nSPS) is 10.8. The zero-order valence-corrected chi connectivity index (χ0v) is 23.6. The molecule has 17 heteroatoms. The van der Waals surface area contributed by atoms with Crippen molar-refractivity contribution in [1.82, 2.24) is 0 Å². The van der Waals surface area contributed by atoms with E-state index in [1.54, 1.807) is 0 Å². The fourth-order valence-electron chi connectivity index (χ4n) is 3.00. The number of benzene rings is 2. The van der Waals surface area contributed by atoms with E-state index in [9.17, 15) is 36.0 Å². The van der Waals surface area contributed by atoms with Crippen molar-refractivity contribution >= 4 is 44.1 Å². The van der Waals surface area contributed by atoms with Crippen LogP contribution in [0, 0.1) is 19.9 Å². The Kier molecular flexibility index (Phi) is 12.1. The van der Waals surface area contributed by atoms with Crippen molar-refractivity contribution in [3.05, 3.63) is 57.6 Å². The third-order valence-corrected chi connectivity index (χ3v) is 6.23. The minimum Gasteiger partial charge on any atom is -0.487 e. The number of rotatable bonds is 6. The number of carbonyl (C=O) groups is 4. The molecule has 14 nitrogen and oxygen atoms in total. The molecule has 0 amide bonds. The topological polar surface area (TPSA) is 236 Å². The third-order valence-electron chi connectivity index (χ3n) is 4.35. The number of hydrogen-bond donors (Lipinski definition) is 4. The van der Waals surface area contributed by atoms with Gasteiger partial charge in [0, 0.05) is 4.90 Å². The van der Waals surface area contributed by atoms with Gasteiger partial charge in [-0.2, -0.15) is 22.9 Å². The zero-order valence-electron chi connectivity index (χ0n) is 19.9. The molecule has 4 N–H and O–H groups in total. The molecular formula is C20H19NaO14S2. The van der Waals surface area contributed by atoms with Crippen LogP contribution in [0.3, 0.4) is 0 Å². The Bertz CT molecular complexity index is 1390. The van der Waals surface area contributed by atoms with E-state index in [4.69, 9.17) is 19.3 Å². The van der Waals surface area contributed by atoms with Gasteiger partial charge in [-0.15, -0.1) is 11.1 Å². The van der Waals surface area contributed by atoms with Gasteiger partial charge in [0.2, 0.25) is 0 Å². The molecule has 0 saturated carbocycles. The molecule has 0 heterocycles. The molecule has 2 aromatic rings. The first kappa shape index (κ1) is 34.1. The van der Waals surface area contributed by atoms with Crippen molar-refractivity contribution in [3.63, 3.8) is 0 Å². The van der Waals surface area contributed by atoms with Gasteiger partial charge in [0.1, 0.15) is 4.90 Å². The molecule has 0 atom stereocenters. The average Bonchev–Trinajstić information content (AvgIpc) is 2.75. The number of ether oxygens (including phenoxy) is 2. The molecule has 196 valence electrons. The van der Waals surface area contributed by atoms with E-state index >= 15 is 0 Å². The Morgan fingerprint density at radius 2 is 1.05 bits per heavy atom. The quantitative estimate of drug-likeness (QED) is 0.131. The molecule has 0 aliphatic heterocycles. The van der Waals surface area contributed by atoms with E-state index in [1.165, 1.54) is 19.9 Å². The van der Waals surface area contributed by atoms with Gasteiger partial charge < -0.3 is 19.7 Å². The number of carboxylic acids is 2. The first-order chi connectivity index (χ1) is 16.4.